The van der Waals surface area contributed by atoms with Crippen molar-refractivity contribution in [3.05, 3.63) is 0 Å². The van der Waals surface area contributed by atoms with Crippen LogP contribution in [0, 0.1) is 0 Å². The second-order valence-electron chi connectivity index (χ2n) is 4.26. The van der Waals surface area contributed by atoms with Crippen LogP contribution in [0.3, 0.4) is 0 Å². The molecule has 0 aromatic heterocycles. The Morgan fingerprint density at radius 3 is 2.82 bits per heavy atom. The molecule has 2 amide bonds. The van der Waals surface area contributed by atoms with Gasteiger partial charge >= 0.3 is 12.0 Å². The second kappa shape index (κ2) is 6.74. The van der Waals surface area contributed by atoms with E-state index in [2.05, 4.69) is 12.2 Å². The molecule has 2 atom stereocenters. The highest BCUT2D eigenvalue weighted by molar-refractivity contribution is 7.99. The Balaban J connectivity index is 2.48. The topological polar surface area (TPSA) is 69.6 Å². The molecule has 0 aromatic carbocycles. The van der Waals surface area contributed by atoms with Gasteiger partial charge in [-0.05, 0) is 6.42 Å². The van der Waals surface area contributed by atoms with Crippen LogP contribution in [-0.4, -0.2) is 52.1 Å². The first kappa shape index (κ1) is 14.2. The standard InChI is InChI=1S/C11H20N2O3S/c1-3-4-9(10(14)15)12-11(16)13-5-6-17-8(2)7-13/h8-9H,3-7H2,1-2H3,(H,12,16)(H,14,15)/t8?,9-/m1/s1. The summed E-state index contributed by atoms with van der Waals surface area (Å²) in [4.78, 5) is 24.5. The zero-order valence-electron chi connectivity index (χ0n) is 10.3. The summed E-state index contributed by atoms with van der Waals surface area (Å²) in [6, 6.07) is -1.02. The lowest BCUT2D eigenvalue weighted by atomic mass is 10.2. The number of hydrogen-bond acceptors (Lipinski definition) is 3. The first-order chi connectivity index (χ1) is 8.04. The molecule has 1 saturated heterocycles. The Bertz CT molecular complexity index is 286. The molecule has 1 rings (SSSR count). The van der Waals surface area contributed by atoms with E-state index in [1.54, 1.807) is 4.90 Å². The minimum absolute atomic E-state index is 0.252. The average molecular weight is 260 g/mol. The number of amides is 2. The largest absolute Gasteiger partial charge is 0.480 e. The zero-order valence-corrected chi connectivity index (χ0v) is 11.1. The van der Waals surface area contributed by atoms with Crippen molar-refractivity contribution in [3.8, 4) is 0 Å². The molecule has 1 fully saturated rings. The van der Waals surface area contributed by atoms with Crippen molar-refractivity contribution in [1.29, 1.82) is 0 Å². The maximum Gasteiger partial charge on any atom is 0.326 e. The van der Waals surface area contributed by atoms with Crippen molar-refractivity contribution in [3.63, 3.8) is 0 Å². The molecule has 0 saturated carbocycles. The summed E-state index contributed by atoms with van der Waals surface area (Å²) in [5.74, 6) is -0.0419. The van der Waals surface area contributed by atoms with E-state index in [0.29, 0.717) is 24.8 Å². The van der Waals surface area contributed by atoms with Crippen LogP contribution >= 0.6 is 11.8 Å². The van der Waals surface area contributed by atoms with E-state index in [-0.39, 0.29) is 6.03 Å². The lowest BCUT2D eigenvalue weighted by Crippen LogP contribution is -2.51. The summed E-state index contributed by atoms with van der Waals surface area (Å²) in [7, 11) is 0. The third kappa shape index (κ3) is 4.46. The molecule has 6 heteroatoms. The summed E-state index contributed by atoms with van der Waals surface area (Å²) in [6.45, 7) is 5.36. The number of aliphatic carboxylic acids is 1. The molecule has 0 spiro atoms. The minimum Gasteiger partial charge on any atom is -0.480 e. The van der Waals surface area contributed by atoms with Crippen LogP contribution in [0.25, 0.3) is 0 Å². The lowest BCUT2D eigenvalue weighted by molar-refractivity contribution is -0.139. The van der Waals surface area contributed by atoms with Gasteiger partial charge in [0.1, 0.15) is 6.04 Å². The fraction of sp³-hybridized carbons (Fsp3) is 0.818. The first-order valence-electron chi connectivity index (χ1n) is 5.94. The predicted octanol–water partition coefficient (Wildman–Crippen LogP) is 1.39. The number of hydrogen-bond donors (Lipinski definition) is 2. The Morgan fingerprint density at radius 1 is 1.59 bits per heavy atom. The summed E-state index contributed by atoms with van der Waals surface area (Å²) in [5, 5.41) is 12.0. The third-order valence-corrected chi connectivity index (χ3v) is 3.84. The summed E-state index contributed by atoms with van der Waals surface area (Å²) in [5.41, 5.74) is 0. The number of thioether (sulfide) groups is 1. The molecule has 17 heavy (non-hydrogen) atoms. The number of carbonyl (C=O) groups excluding carboxylic acids is 1. The number of carbonyl (C=O) groups is 2. The van der Waals surface area contributed by atoms with Gasteiger partial charge in [0.25, 0.3) is 0 Å². The van der Waals surface area contributed by atoms with Crippen molar-refractivity contribution in [1.82, 2.24) is 10.2 Å². The number of nitrogens with one attached hydrogen (secondary N) is 1. The predicted molar refractivity (Wildman–Crippen MR) is 68.4 cm³/mol. The Labute approximate surface area is 106 Å². The fourth-order valence-corrected chi connectivity index (χ4v) is 2.80. The van der Waals surface area contributed by atoms with E-state index in [9.17, 15) is 9.59 Å². The van der Waals surface area contributed by atoms with E-state index in [4.69, 9.17) is 5.11 Å². The smallest absolute Gasteiger partial charge is 0.326 e. The molecule has 0 radical (unpaired) electrons. The molecular formula is C11H20N2O3S. The van der Waals surface area contributed by atoms with Crippen LogP contribution in [0.2, 0.25) is 0 Å². The normalized spacial score (nSPS) is 22.0. The van der Waals surface area contributed by atoms with E-state index < -0.39 is 12.0 Å². The molecule has 0 bridgehead atoms. The van der Waals surface area contributed by atoms with Gasteiger partial charge in [0, 0.05) is 24.1 Å². The summed E-state index contributed by atoms with van der Waals surface area (Å²) in [6.07, 6.45) is 1.21. The number of carboxylic acids is 1. The number of urea groups is 1. The van der Waals surface area contributed by atoms with Gasteiger partial charge in [0.05, 0.1) is 0 Å². The van der Waals surface area contributed by atoms with Gasteiger partial charge in [-0.25, -0.2) is 9.59 Å². The van der Waals surface area contributed by atoms with Crippen molar-refractivity contribution in [2.45, 2.75) is 38.0 Å². The van der Waals surface area contributed by atoms with Gasteiger partial charge in [-0.2, -0.15) is 11.8 Å². The Morgan fingerprint density at radius 2 is 2.29 bits per heavy atom. The van der Waals surface area contributed by atoms with Crippen molar-refractivity contribution in [2.75, 3.05) is 18.8 Å². The van der Waals surface area contributed by atoms with Crippen molar-refractivity contribution >= 4 is 23.8 Å². The highest BCUT2D eigenvalue weighted by atomic mass is 32.2. The van der Waals surface area contributed by atoms with Gasteiger partial charge in [-0.1, -0.05) is 20.3 Å². The molecular weight excluding hydrogens is 240 g/mol. The summed E-state index contributed by atoms with van der Waals surface area (Å²) >= 11 is 1.84. The zero-order chi connectivity index (χ0) is 12.8. The number of carboxylic acid groups (broad SMARTS) is 1. The summed E-state index contributed by atoms with van der Waals surface area (Å²) < 4.78 is 0. The SMILES string of the molecule is CCC[C@@H](NC(=O)N1CCSC(C)C1)C(=O)O. The van der Waals surface area contributed by atoms with Gasteiger partial charge in [0.15, 0.2) is 0 Å². The van der Waals surface area contributed by atoms with E-state index in [1.165, 1.54) is 0 Å². The molecule has 1 aliphatic rings. The Kier molecular flexibility index (Phi) is 5.61. The molecule has 1 heterocycles. The number of rotatable bonds is 4. The molecule has 98 valence electrons. The molecule has 1 unspecified atom stereocenters. The average Bonchev–Trinajstić information content (AvgIpc) is 2.28. The van der Waals surface area contributed by atoms with Crippen LogP contribution in [0.15, 0.2) is 0 Å². The molecule has 2 N–H and O–H groups in total. The van der Waals surface area contributed by atoms with Crippen LogP contribution < -0.4 is 5.32 Å². The van der Waals surface area contributed by atoms with E-state index in [1.807, 2.05) is 18.7 Å². The number of nitrogens with zero attached hydrogens (tertiary/aromatic N) is 1. The molecule has 0 aromatic rings. The lowest BCUT2D eigenvalue weighted by Gasteiger charge is -2.31. The van der Waals surface area contributed by atoms with Gasteiger partial charge in [-0.3, -0.25) is 0 Å². The maximum atomic E-state index is 11.9. The van der Waals surface area contributed by atoms with Gasteiger partial charge in [-0.15, -0.1) is 0 Å². The second-order valence-corrected chi connectivity index (χ2v) is 5.80. The minimum atomic E-state index is -0.959. The molecule has 1 aliphatic heterocycles. The maximum absolute atomic E-state index is 11.9. The van der Waals surface area contributed by atoms with Crippen LogP contribution in [0.5, 0.6) is 0 Å². The van der Waals surface area contributed by atoms with Crippen LogP contribution in [0.4, 0.5) is 4.79 Å². The van der Waals surface area contributed by atoms with Crippen LogP contribution in [0.1, 0.15) is 26.7 Å². The van der Waals surface area contributed by atoms with E-state index in [0.717, 1.165) is 12.2 Å². The van der Waals surface area contributed by atoms with Gasteiger partial charge in [0.2, 0.25) is 0 Å². The molecule has 0 aliphatic carbocycles. The Hall–Kier alpha value is -0.910. The quantitative estimate of drug-likeness (QED) is 0.801. The third-order valence-electron chi connectivity index (χ3n) is 2.70. The van der Waals surface area contributed by atoms with Crippen molar-refractivity contribution < 1.29 is 14.7 Å². The van der Waals surface area contributed by atoms with Crippen LogP contribution in [-0.2, 0) is 4.79 Å². The molecule has 5 nitrogen and oxygen atoms in total. The monoisotopic (exact) mass is 260 g/mol. The fourth-order valence-electron chi connectivity index (χ4n) is 1.79. The van der Waals surface area contributed by atoms with E-state index >= 15 is 0 Å². The first-order valence-corrected chi connectivity index (χ1v) is 6.99. The highest BCUT2D eigenvalue weighted by Crippen LogP contribution is 2.17. The van der Waals surface area contributed by atoms with Crippen molar-refractivity contribution in [2.24, 2.45) is 0 Å². The highest BCUT2D eigenvalue weighted by Gasteiger charge is 2.25. The van der Waals surface area contributed by atoms with Gasteiger partial charge < -0.3 is 15.3 Å².